The van der Waals surface area contributed by atoms with Gasteiger partial charge in [0.15, 0.2) is 5.78 Å². The Labute approximate surface area is 267 Å². The molecule has 0 aromatic heterocycles. The quantitative estimate of drug-likeness (QED) is 0.314. The fourth-order valence-corrected chi connectivity index (χ4v) is 6.63. The van der Waals surface area contributed by atoms with Gasteiger partial charge in [-0.15, -0.1) is 0 Å². The van der Waals surface area contributed by atoms with E-state index in [9.17, 15) is 19.2 Å². The van der Waals surface area contributed by atoms with Gasteiger partial charge in [0.1, 0.15) is 0 Å². The number of piperidine rings is 2. The van der Waals surface area contributed by atoms with E-state index in [2.05, 4.69) is 4.90 Å². The third kappa shape index (κ3) is 8.69. The van der Waals surface area contributed by atoms with Gasteiger partial charge in [0, 0.05) is 74.4 Å². The lowest BCUT2D eigenvalue weighted by Crippen LogP contribution is -2.48. The van der Waals surface area contributed by atoms with Crippen LogP contribution in [0.5, 0.6) is 0 Å². The largest absolute Gasteiger partial charge is 0.343 e. The van der Waals surface area contributed by atoms with Gasteiger partial charge in [-0.25, -0.2) is 0 Å². The van der Waals surface area contributed by atoms with E-state index in [4.69, 9.17) is 11.6 Å². The molecule has 0 aliphatic carbocycles. The molecule has 0 unspecified atom stereocenters. The Hall–Kier alpha value is -3.23. The zero-order valence-corrected chi connectivity index (χ0v) is 27.4. The van der Waals surface area contributed by atoms with Crippen molar-refractivity contribution >= 4 is 40.8 Å². The number of nitrogens with zero attached hydrogens (tertiary/aromatic N) is 4. The molecule has 2 aromatic rings. The maximum absolute atomic E-state index is 13.8. The molecule has 2 aliphatic heterocycles. The number of hydrogen-bond acceptors (Lipinski definition) is 5. The molecule has 4 rings (SSSR count). The Morgan fingerprint density at radius 3 is 2.14 bits per heavy atom. The van der Waals surface area contributed by atoms with Crippen LogP contribution in [0.3, 0.4) is 0 Å². The highest BCUT2D eigenvalue weighted by atomic mass is 35.5. The molecule has 9 heteroatoms. The van der Waals surface area contributed by atoms with Crippen LogP contribution in [0.25, 0.3) is 0 Å². The van der Waals surface area contributed by atoms with Crippen LogP contribution in [-0.2, 0) is 20.8 Å². The summed E-state index contributed by atoms with van der Waals surface area (Å²) >= 11 is 6.46. The molecule has 0 N–H and O–H groups in total. The van der Waals surface area contributed by atoms with Crippen LogP contribution < -0.4 is 4.90 Å². The number of likely N-dealkylation sites (N-methyl/N-ethyl adjacent to an activating group) is 1. The average molecular weight is 623 g/mol. The first kappa shape index (κ1) is 33.7. The van der Waals surface area contributed by atoms with Crippen molar-refractivity contribution in [2.24, 2.45) is 5.92 Å². The molecule has 2 fully saturated rings. The molecule has 8 nitrogen and oxygen atoms in total. The second kappa shape index (κ2) is 15.7. The minimum Gasteiger partial charge on any atom is -0.343 e. The molecule has 0 saturated carbocycles. The highest BCUT2D eigenvalue weighted by Crippen LogP contribution is 2.28. The average Bonchev–Trinajstić information content (AvgIpc) is 3.02. The van der Waals surface area contributed by atoms with Crippen molar-refractivity contribution < 1.29 is 19.2 Å². The zero-order chi connectivity index (χ0) is 31.8. The summed E-state index contributed by atoms with van der Waals surface area (Å²) in [6.45, 7) is 12.3. The van der Waals surface area contributed by atoms with Crippen molar-refractivity contribution in [1.29, 1.82) is 0 Å². The lowest BCUT2D eigenvalue weighted by Gasteiger charge is -2.38. The van der Waals surface area contributed by atoms with Crippen LogP contribution in [0.2, 0.25) is 5.02 Å². The Kier molecular flexibility index (Phi) is 12.0. The lowest BCUT2D eigenvalue weighted by molar-refractivity contribution is -0.133. The monoisotopic (exact) mass is 622 g/mol. The van der Waals surface area contributed by atoms with Gasteiger partial charge >= 0.3 is 0 Å². The van der Waals surface area contributed by atoms with Gasteiger partial charge < -0.3 is 19.6 Å². The van der Waals surface area contributed by atoms with Crippen molar-refractivity contribution in [2.75, 3.05) is 50.7 Å². The number of Topliss-reactive ketones (excluding diaryl/α,β-unsaturated/α-hetero) is 1. The van der Waals surface area contributed by atoms with Crippen LogP contribution in [0, 0.1) is 12.8 Å². The van der Waals surface area contributed by atoms with Gasteiger partial charge in [-0.05, 0) is 82.7 Å². The first-order valence-electron chi connectivity index (χ1n) is 16.0. The van der Waals surface area contributed by atoms with E-state index >= 15 is 0 Å². The molecule has 3 amide bonds. The molecule has 0 spiro atoms. The first-order valence-corrected chi connectivity index (χ1v) is 16.4. The fraction of sp³-hybridized carbons (Fsp3) is 0.543. The van der Waals surface area contributed by atoms with Gasteiger partial charge in [0.05, 0.1) is 6.42 Å². The smallest absolute Gasteiger partial charge is 0.230 e. The van der Waals surface area contributed by atoms with Crippen molar-refractivity contribution in [3.63, 3.8) is 0 Å². The predicted octanol–water partition coefficient (Wildman–Crippen LogP) is 5.39. The first-order chi connectivity index (χ1) is 21.1. The SMILES string of the molecule is CCN(C(=O)Cc1ccc(C(C)=O)cc1)C1CCN(CCCN(C(=O)C2CCN(C(C)=O)CC2)c2ccc(C)c(Cl)c2)CC1. The van der Waals surface area contributed by atoms with Gasteiger partial charge in [0.2, 0.25) is 17.7 Å². The lowest BCUT2D eigenvalue weighted by atomic mass is 9.94. The standard InChI is InChI=1S/C35H47ClN4O4/c1-5-39(34(43)23-28-8-10-29(11-9-28)26(3)41)31-15-19-37(20-16-31)17-6-18-40(32-12-7-25(2)33(36)24-32)35(44)30-13-21-38(22-14-30)27(4)42/h7-12,24,30-31H,5-6,13-23H2,1-4H3. The van der Waals surface area contributed by atoms with Crippen LogP contribution >= 0.6 is 11.6 Å². The minimum atomic E-state index is -0.105. The van der Waals surface area contributed by atoms with Crippen LogP contribution in [0.15, 0.2) is 42.5 Å². The number of aryl methyl sites for hydroxylation is 1. The molecule has 2 saturated heterocycles. The summed E-state index contributed by atoms with van der Waals surface area (Å²) in [7, 11) is 0. The highest BCUT2D eigenvalue weighted by molar-refractivity contribution is 6.31. The molecule has 0 radical (unpaired) electrons. The maximum atomic E-state index is 13.8. The van der Waals surface area contributed by atoms with Crippen LogP contribution in [0.4, 0.5) is 5.69 Å². The molecule has 238 valence electrons. The van der Waals surface area contributed by atoms with E-state index in [1.807, 2.05) is 58.9 Å². The number of anilines is 1. The summed E-state index contributed by atoms with van der Waals surface area (Å²) in [4.78, 5) is 58.5. The van der Waals surface area contributed by atoms with Crippen molar-refractivity contribution in [3.05, 3.63) is 64.2 Å². The number of likely N-dealkylation sites (tertiary alicyclic amines) is 2. The molecule has 2 aliphatic rings. The Balaban J connectivity index is 1.30. The summed E-state index contributed by atoms with van der Waals surface area (Å²) in [5.41, 5.74) is 3.39. The van der Waals surface area contributed by atoms with E-state index in [0.717, 1.165) is 55.7 Å². The highest BCUT2D eigenvalue weighted by Gasteiger charge is 2.31. The summed E-state index contributed by atoms with van der Waals surface area (Å²) in [6, 6.07) is 13.4. The van der Waals surface area contributed by atoms with E-state index in [-0.39, 0.29) is 35.5 Å². The molecular formula is C35H47ClN4O4. The fourth-order valence-electron chi connectivity index (χ4n) is 6.46. The van der Waals surface area contributed by atoms with Gasteiger partial charge in [0.25, 0.3) is 0 Å². The predicted molar refractivity (Wildman–Crippen MR) is 175 cm³/mol. The number of carbonyl (C=O) groups is 4. The summed E-state index contributed by atoms with van der Waals surface area (Å²) in [5.74, 6) is 0.219. The van der Waals surface area contributed by atoms with Crippen molar-refractivity contribution in [1.82, 2.24) is 14.7 Å². The van der Waals surface area contributed by atoms with Gasteiger partial charge in [-0.2, -0.15) is 0 Å². The van der Waals surface area contributed by atoms with E-state index in [1.165, 1.54) is 0 Å². The summed E-state index contributed by atoms with van der Waals surface area (Å²) < 4.78 is 0. The molecule has 44 heavy (non-hydrogen) atoms. The second-order valence-corrected chi connectivity index (χ2v) is 12.6. The maximum Gasteiger partial charge on any atom is 0.230 e. The normalized spacial score (nSPS) is 16.5. The number of benzene rings is 2. The Morgan fingerprint density at radius 2 is 1.57 bits per heavy atom. The molecule has 0 bridgehead atoms. The summed E-state index contributed by atoms with van der Waals surface area (Å²) in [6.07, 6.45) is 4.38. The third-order valence-corrected chi connectivity index (χ3v) is 9.66. The Bertz CT molecular complexity index is 1310. The number of rotatable bonds is 11. The van der Waals surface area contributed by atoms with Gasteiger partial charge in [-0.3, -0.25) is 19.2 Å². The van der Waals surface area contributed by atoms with E-state index in [0.29, 0.717) is 56.0 Å². The number of ketones is 1. The molecule has 2 heterocycles. The number of hydrogen-bond donors (Lipinski definition) is 0. The molecule has 2 aromatic carbocycles. The van der Waals surface area contributed by atoms with E-state index in [1.54, 1.807) is 26.0 Å². The van der Waals surface area contributed by atoms with E-state index < -0.39 is 0 Å². The van der Waals surface area contributed by atoms with Crippen molar-refractivity contribution in [2.45, 2.75) is 72.3 Å². The Morgan fingerprint density at radius 1 is 0.909 bits per heavy atom. The van der Waals surface area contributed by atoms with Gasteiger partial charge in [-0.1, -0.05) is 41.9 Å². The second-order valence-electron chi connectivity index (χ2n) is 12.2. The molecular weight excluding hydrogens is 576 g/mol. The summed E-state index contributed by atoms with van der Waals surface area (Å²) in [5, 5.41) is 0.650. The zero-order valence-electron chi connectivity index (χ0n) is 26.7. The third-order valence-electron chi connectivity index (χ3n) is 9.25. The van der Waals surface area contributed by atoms with Crippen LogP contribution in [-0.4, -0.2) is 90.1 Å². The van der Waals surface area contributed by atoms with Crippen LogP contribution in [0.1, 0.15) is 74.4 Å². The molecule has 0 atom stereocenters. The topological polar surface area (TPSA) is 81.2 Å². The number of halogens is 1. The minimum absolute atomic E-state index is 0.0232. The number of carbonyl (C=O) groups excluding carboxylic acids is 4. The van der Waals surface area contributed by atoms with Crippen molar-refractivity contribution in [3.8, 4) is 0 Å². The number of amides is 3.